The molecule has 4 heteroatoms. The number of halogens is 2. The van der Waals surface area contributed by atoms with Crippen molar-refractivity contribution in [1.29, 1.82) is 0 Å². The molecule has 1 unspecified atom stereocenters. The zero-order valence-corrected chi connectivity index (χ0v) is 13.6. The lowest BCUT2D eigenvalue weighted by molar-refractivity contribution is 0.426. The summed E-state index contributed by atoms with van der Waals surface area (Å²) in [6, 6.07) is 12.6. The van der Waals surface area contributed by atoms with Gasteiger partial charge in [-0.3, -0.25) is 0 Å². The van der Waals surface area contributed by atoms with E-state index in [0.29, 0.717) is 11.5 Å². The maximum absolute atomic E-state index is 14.1. The smallest absolute Gasteiger partial charge is 0.167 e. The summed E-state index contributed by atoms with van der Waals surface area (Å²) in [6.07, 6.45) is 0. The fraction of sp³-hybridized carbons (Fsp3) is 0.250. The van der Waals surface area contributed by atoms with Gasteiger partial charge in [-0.05, 0) is 66.4 Å². The van der Waals surface area contributed by atoms with E-state index in [1.54, 1.807) is 6.07 Å². The van der Waals surface area contributed by atoms with Gasteiger partial charge < -0.3 is 10.1 Å². The molecule has 2 aromatic carbocycles. The number of hydrogen-bond donors (Lipinski definition) is 1. The van der Waals surface area contributed by atoms with E-state index in [4.69, 9.17) is 4.74 Å². The van der Waals surface area contributed by atoms with Gasteiger partial charge in [-0.15, -0.1) is 0 Å². The molecule has 0 aliphatic heterocycles. The molecule has 0 fully saturated rings. The summed E-state index contributed by atoms with van der Waals surface area (Å²) >= 11 is 2.22. The van der Waals surface area contributed by atoms with Gasteiger partial charge in [0.2, 0.25) is 0 Å². The van der Waals surface area contributed by atoms with E-state index in [2.05, 4.69) is 27.9 Å². The van der Waals surface area contributed by atoms with Crippen LogP contribution in [0, 0.1) is 9.39 Å². The molecule has 2 nitrogen and oxygen atoms in total. The van der Waals surface area contributed by atoms with Gasteiger partial charge in [-0.1, -0.05) is 19.1 Å². The lowest BCUT2D eigenvalue weighted by Crippen LogP contribution is -2.18. The third kappa shape index (κ3) is 3.70. The highest BCUT2D eigenvalue weighted by Crippen LogP contribution is 2.32. The zero-order chi connectivity index (χ0) is 14.5. The Kier molecular flexibility index (Phi) is 5.37. The van der Waals surface area contributed by atoms with Crippen LogP contribution in [0.3, 0.4) is 0 Å². The van der Waals surface area contributed by atoms with Crippen molar-refractivity contribution in [3.63, 3.8) is 0 Å². The first-order chi connectivity index (χ1) is 9.61. The molecule has 1 N–H and O–H groups in total. The summed E-state index contributed by atoms with van der Waals surface area (Å²) in [6.45, 7) is 4.84. The highest BCUT2D eigenvalue weighted by atomic mass is 127. The normalized spacial score (nSPS) is 12.2. The van der Waals surface area contributed by atoms with E-state index in [0.717, 1.165) is 15.7 Å². The van der Waals surface area contributed by atoms with Gasteiger partial charge in [-0.2, -0.15) is 0 Å². The molecule has 1 atom stereocenters. The lowest BCUT2D eigenvalue weighted by Gasteiger charge is -2.18. The fourth-order valence-corrected chi connectivity index (χ4v) is 2.37. The fourth-order valence-electron chi connectivity index (χ4n) is 2.01. The molecule has 0 bridgehead atoms. The predicted octanol–water partition coefficient (Wildman–Crippen LogP) is 4.89. The van der Waals surface area contributed by atoms with Crippen molar-refractivity contribution < 1.29 is 9.13 Å². The van der Waals surface area contributed by atoms with Crippen LogP contribution in [0.5, 0.6) is 11.5 Å². The summed E-state index contributed by atoms with van der Waals surface area (Å²) < 4.78 is 20.9. The molecule has 0 saturated heterocycles. The first kappa shape index (κ1) is 15.3. The van der Waals surface area contributed by atoms with Crippen molar-refractivity contribution in [2.24, 2.45) is 0 Å². The minimum Gasteiger partial charge on any atom is -0.454 e. The first-order valence-electron chi connectivity index (χ1n) is 6.57. The number of nitrogens with one attached hydrogen (secondary N) is 1. The van der Waals surface area contributed by atoms with Crippen molar-refractivity contribution in [3.8, 4) is 11.5 Å². The van der Waals surface area contributed by atoms with Crippen molar-refractivity contribution in [2.45, 2.75) is 19.9 Å². The number of benzene rings is 2. The molecule has 2 rings (SSSR count). The van der Waals surface area contributed by atoms with Crippen molar-refractivity contribution in [3.05, 3.63) is 57.4 Å². The predicted molar refractivity (Wildman–Crippen MR) is 87.7 cm³/mol. The summed E-state index contributed by atoms with van der Waals surface area (Å²) in [5.41, 5.74) is 0.824. The Balaban J connectivity index is 2.32. The highest BCUT2D eigenvalue weighted by molar-refractivity contribution is 14.1. The highest BCUT2D eigenvalue weighted by Gasteiger charge is 2.15. The van der Waals surface area contributed by atoms with Crippen LogP contribution in [0.4, 0.5) is 4.39 Å². The summed E-state index contributed by atoms with van der Waals surface area (Å²) in [7, 11) is 0. The van der Waals surface area contributed by atoms with Crippen molar-refractivity contribution in [2.75, 3.05) is 6.54 Å². The van der Waals surface area contributed by atoms with Crippen LogP contribution in [-0.4, -0.2) is 6.54 Å². The summed E-state index contributed by atoms with van der Waals surface area (Å²) in [4.78, 5) is 0. The second kappa shape index (κ2) is 7.04. The van der Waals surface area contributed by atoms with Gasteiger partial charge in [0.15, 0.2) is 11.6 Å². The van der Waals surface area contributed by atoms with Crippen LogP contribution < -0.4 is 10.1 Å². The average Bonchev–Trinajstić information content (AvgIpc) is 2.43. The first-order valence-corrected chi connectivity index (χ1v) is 7.65. The molecular formula is C16H17FINO. The Morgan fingerprint density at radius 2 is 1.90 bits per heavy atom. The Morgan fingerprint density at radius 1 is 1.20 bits per heavy atom. The standard InChI is InChI=1S/C16H17FINO/c1-3-19-11(2)14-5-4-6-15(17)16(14)20-13-9-7-12(18)8-10-13/h4-11,19H,3H2,1-2H3. The molecule has 106 valence electrons. The average molecular weight is 385 g/mol. The van der Waals surface area contributed by atoms with Gasteiger partial charge in [0, 0.05) is 15.2 Å². The van der Waals surface area contributed by atoms with Crippen LogP contribution >= 0.6 is 22.6 Å². The van der Waals surface area contributed by atoms with Crippen molar-refractivity contribution in [1.82, 2.24) is 5.32 Å². The molecule has 0 radical (unpaired) electrons. The molecule has 0 aliphatic carbocycles. The molecule has 0 amide bonds. The second-order valence-corrected chi connectivity index (χ2v) is 5.74. The third-order valence-electron chi connectivity index (χ3n) is 3.01. The van der Waals surface area contributed by atoms with Crippen LogP contribution in [0.1, 0.15) is 25.5 Å². The summed E-state index contributed by atoms with van der Waals surface area (Å²) in [5, 5.41) is 3.28. The number of rotatable bonds is 5. The monoisotopic (exact) mass is 385 g/mol. The Bertz CT molecular complexity index is 571. The van der Waals surface area contributed by atoms with Gasteiger partial charge in [-0.25, -0.2) is 4.39 Å². The Morgan fingerprint density at radius 3 is 2.55 bits per heavy atom. The SMILES string of the molecule is CCNC(C)c1cccc(F)c1Oc1ccc(I)cc1. The van der Waals surface area contributed by atoms with Crippen LogP contribution in [0.2, 0.25) is 0 Å². The third-order valence-corrected chi connectivity index (χ3v) is 3.73. The van der Waals surface area contributed by atoms with E-state index < -0.39 is 0 Å². The molecule has 0 spiro atoms. The van der Waals surface area contributed by atoms with Gasteiger partial charge >= 0.3 is 0 Å². The molecule has 0 heterocycles. The molecular weight excluding hydrogens is 368 g/mol. The molecule has 20 heavy (non-hydrogen) atoms. The molecule has 2 aromatic rings. The maximum Gasteiger partial charge on any atom is 0.167 e. The number of para-hydroxylation sites is 1. The number of hydrogen-bond acceptors (Lipinski definition) is 2. The van der Waals surface area contributed by atoms with Crippen LogP contribution in [0.15, 0.2) is 42.5 Å². The molecule has 0 aliphatic rings. The quantitative estimate of drug-likeness (QED) is 0.740. The van der Waals surface area contributed by atoms with Crippen LogP contribution in [-0.2, 0) is 0 Å². The van der Waals surface area contributed by atoms with E-state index in [1.807, 2.05) is 44.2 Å². The topological polar surface area (TPSA) is 21.3 Å². The molecule has 0 saturated carbocycles. The van der Waals surface area contributed by atoms with Gasteiger partial charge in [0.25, 0.3) is 0 Å². The second-order valence-electron chi connectivity index (χ2n) is 4.49. The number of ether oxygens (including phenoxy) is 1. The minimum atomic E-state index is -0.342. The Hall–Kier alpha value is -1.14. The minimum absolute atomic E-state index is 0.0366. The van der Waals surface area contributed by atoms with Gasteiger partial charge in [0.1, 0.15) is 5.75 Å². The van der Waals surface area contributed by atoms with E-state index >= 15 is 0 Å². The van der Waals surface area contributed by atoms with Crippen LogP contribution in [0.25, 0.3) is 0 Å². The van der Waals surface area contributed by atoms with E-state index in [-0.39, 0.29) is 11.9 Å². The zero-order valence-electron chi connectivity index (χ0n) is 11.5. The van der Waals surface area contributed by atoms with Gasteiger partial charge in [0.05, 0.1) is 0 Å². The molecule has 0 aromatic heterocycles. The largest absolute Gasteiger partial charge is 0.454 e. The van der Waals surface area contributed by atoms with E-state index in [9.17, 15) is 4.39 Å². The summed E-state index contributed by atoms with van der Waals surface area (Å²) in [5.74, 6) is 0.591. The lowest BCUT2D eigenvalue weighted by atomic mass is 10.1. The van der Waals surface area contributed by atoms with Crippen molar-refractivity contribution >= 4 is 22.6 Å². The maximum atomic E-state index is 14.1. The van der Waals surface area contributed by atoms with E-state index in [1.165, 1.54) is 6.07 Å². The Labute approximate surface area is 132 Å².